The standard InChI is InChI=1S/C18H24FN3/c1-5-6-11-9-12(7-8-13(11)19)14-15(18(14,3)4)16-10(2)21-17(20)22-16/h7-9,14-15H,5-6H2,1-4H3,(H3,20,21,22)/t14-,15+/m1/s1. The summed E-state index contributed by atoms with van der Waals surface area (Å²) in [5.41, 5.74) is 10.0. The van der Waals surface area contributed by atoms with Gasteiger partial charge in [0.05, 0.1) is 5.69 Å². The Kier molecular flexibility index (Phi) is 3.50. The SMILES string of the molecule is CCCc1cc([C@@H]2[C@@H](c3nc(N)[nH]c3C)C2(C)C)ccc1F. The average molecular weight is 301 g/mol. The van der Waals surface area contributed by atoms with E-state index in [1.54, 1.807) is 6.07 Å². The zero-order valence-electron chi connectivity index (χ0n) is 13.7. The molecule has 1 heterocycles. The summed E-state index contributed by atoms with van der Waals surface area (Å²) in [6.45, 7) is 8.58. The van der Waals surface area contributed by atoms with Crippen LogP contribution in [-0.2, 0) is 6.42 Å². The van der Waals surface area contributed by atoms with Crippen LogP contribution in [0.25, 0.3) is 0 Å². The number of nitrogens with zero attached hydrogens (tertiary/aromatic N) is 1. The van der Waals surface area contributed by atoms with E-state index in [1.807, 2.05) is 19.1 Å². The minimum Gasteiger partial charge on any atom is -0.369 e. The van der Waals surface area contributed by atoms with Gasteiger partial charge < -0.3 is 10.7 Å². The average Bonchev–Trinajstić information content (AvgIpc) is 2.84. The summed E-state index contributed by atoms with van der Waals surface area (Å²) >= 11 is 0. The Hall–Kier alpha value is -1.84. The van der Waals surface area contributed by atoms with E-state index in [0.29, 0.717) is 17.8 Å². The molecule has 0 unspecified atom stereocenters. The summed E-state index contributed by atoms with van der Waals surface area (Å²) in [5, 5.41) is 0. The van der Waals surface area contributed by atoms with Crippen LogP contribution >= 0.6 is 0 Å². The summed E-state index contributed by atoms with van der Waals surface area (Å²) in [6, 6.07) is 5.57. The number of imidazole rings is 1. The number of H-pyrrole nitrogens is 1. The van der Waals surface area contributed by atoms with Crippen LogP contribution in [0.15, 0.2) is 18.2 Å². The van der Waals surface area contributed by atoms with Gasteiger partial charge in [0, 0.05) is 11.6 Å². The van der Waals surface area contributed by atoms with Crippen LogP contribution in [0.2, 0.25) is 0 Å². The highest BCUT2D eigenvalue weighted by Crippen LogP contribution is 2.70. The molecule has 0 aliphatic heterocycles. The van der Waals surface area contributed by atoms with Gasteiger partial charge in [-0.2, -0.15) is 0 Å². The first-order valence-corrected chi connectivity index (χ1v) is 7.96. The predicted molar refractivity (Wildman–Crippen MR) is 87.4 cm³/mol. The van der Waals surface area contributed by atoms with Gasteiger partial charge in [-0.25, -0.2) is 9.37 Å². The highest BCUT2D eigenvalue weighted by molar-refractivity contribution is 5.44. The Morgan fingerprint density at radius 3 is 2.64 bits per heavy atom. The number of nitrogens with two attached hydrogens (primary N) is 1. The van der Waals surface area contributed by atoms with E-state index in [1.165, 1.54) is 5.56 Å². The quantitative estimate of drug-likeness (QED) is 0.884. The Balaban J connectivity index is 1.95. The van der Waals surface area contributed by atoms with E-state index in [9.17, 15) is 4.39 Å². The molecule has 1 aliphatic rings. The molecule has 1 saturated carbocycles. The van der Waals surface area contributed by atoms with Gasteiger partial charge >= 0.3 is 0 Å². The van der Waals surface area contributed by atoms with E-state index in [0.717, 1.165) is 29.8 Å². The molecular weight excluding hydrogens is 277 g/mol. The highest BCUT2D eigenvalue weighted by Gasteiger charge is 2.60. The zero-order chi connectivity index (χ0) is 16.1. The third-order valence-electron chi connectivity index (χ3n) is 5.01. The van der Waals surface area contributed by atoms with Gasteiger partial charge in [0.25, 0.3) is 0 Å². The van der Waals surface area contributed by atoms with E-state index in [2.05, 4.69) is 30.7 Å². The maximum absolute atomic E-state index is 13.9. The lowest BCUT2D eigenvalue weighted by Crippen LogP contribution is -1.95. The lowest BCUT2D eigenvalue weighted by Gasteiger charge is -2.07. The van der Waals surface area contributed by atoms with Gasteiger partial charge in [0.2, 0.25) is 0 Å². The Morgan fingerprint density at radius 2 is 2.05 bits per heavy atom. The molecule has 22 heavy (non-hydrogen) atoms. The number of aromatic nitrogens is 2. The molecule has 3 nitrogen and oxygen atoms in total. The second-order valence-corrected chi connectivity index (χ2v) is 7.01. The number of aromatic amines is 1. The van der Waals surface area contributed by atoms with Crippen molar-refractivity contribution in [3.63, 3.8) is 0 Å². The largest absolute Gasteiger partial charge is 0.369 e. The van der Waals surface area contributed by atoms with Crippen LogP contribution < -0.4 is 5.73 Å². The van der Waals surface area contributed by atoms with Crippen molar-refractivity contribution in [2.75, 3.05) is 5.73 Å². The molecule has 0 saturated heterocycles. The smallest absolute Gasteiger partial charge is 0.197 e. The topological polar surface area (TPSA) is 54.7 Å². The third kappa shape index (κ3) is 2.31. The molecule has 1 aromatic heterocycles. The lowest BCUT2D eigenvalue weighted by atomic mass is 9.99. The van der Waals surface area contributed by atoms with Crippen LogP contribution in [-0.4, -0.2) is 9.97 Å². The second-order valence-electron chi connectivity index (χ2n) is 7.01. The molecule has 3 N–H and O–H groups in total. The maximum atomic E-state index is 13.9. The Bertz CT molecular complexity index is 702. The van der Waals surface area contributed by atoms with E-state index in [4.69, 9.17) is 5.73 Å². The molecule has 118 valence electrons. The first-order chi connectivity index (χ1) is 10.4. The number of anilines is 1. The number of rotatable bonds is 4. The Morgan fingerprint density at radius 1 is 1.32 bits per heavy atom. The number of hydrogen-bond acceptors (Lipinski definition) is 2. The van der Waals surface area contributed by atoms with Crippen molar-refractivity contribution in [3.8, 4) is 0 Å². The van der Waals surface area contributed by atoms with Crippen LogP contribution in [0.5, 0.6) is 0 Å². The van der Waals surface area contributed by atoms with Gasteiger partial charge in [-0.05, 0) is 41.9 Å². The lowest BCUT2D eigenvalue weighted by molar-refractivity contribution is 0.592. The fraction of sp³-hybridized carbons (Fsp3) is 0.500. The summed E-state index contributed by atoms with van der Waals surface area (Å²) in [5.74, 6) is 1.08. The van der Waals surface area contributed by atoms with Gasteiger partial charge in [-0.1, -0.05) is 39.3 Å². The van der Waals surface area contributed by atoms with E-state index in [-0.39, 0.29) is 11.2 Å². The summed E-state index contributed by atoms with van der Waals surface area (Å²) in [7, 11) is 0. The predicted octanol–water partition coefficient (Wildman–Crippen LogP) is 4.30. The fourth-order valence-electron chi connectivity index (χ4n) is 3.82. The molecule has 0 spiro atoms. The zero-order valence-corrected chi connectivity index (χ0v) is 13.7. The van der Waals surface area contributed by atoms with Gasteiger partial charge in [-0.3, -0.25) is 0 Å². The summed E-state index contributed by atoms with van der Waals surface area (Å²) < 4.78 is 13.9. The first kappa shape index (κ1) is 15.1. The van der Waals surface area contributed by atoms with Crippen molar-refractivity contribution >= 4 is 5.95 Å². The van der Waals surface area contributed by atoms with Crippen LogP contribution in [0.4, 0.5) is 10.3 Å². The van der Waals surface area contributed by atoms with Gasteiger partial charge in [0.1, 0.15) is 5.82 Å². The second kappa shape index (κ2) is 5.11. The molecule has 1 fully saturated rings. The van der Waals surface area contributed by atoms with Crippen molar-refractivity contribution < 1.29 is 4.39 Å². The number of nitrogens with one attached hydrogen (secondary N) is 1. The molecule has 0 amide bonds. The number of benzene rings is 1. The first-order valence-electron chi connectivity index (χ1n) is 7.96. The normalized spacial score (nSPS) is 22.8. The number of hydrogen-bond donors (Lipinski definition) is 2. The summed E-state index contributed by atoms with van der Waals surface area (Å²) in [4.78, 5) is 7.55. The molecular formula is C18H24FN3. The molecule has 3 rings (SSSR count). The van der Waals surface area contributed by atoms with Crippen LogP contribution in [0.3, 0.4) is 0 Å². The van der Waals surface area contributed by atoms with Crippen molar-refractivity contribution in [1.82, 2.24) is 9.97 Å². The monoisotopic (exact) mass is 301 g/mol. The summed E-state index contributed by atoms with van der Waals surface area (Å²) in [6.07, 6.45) is 1.73. The maximum Gasteiger partial charge on any atom is 0.197 e. The number of aryl methyl sites for hydroxylation is 2. The van der Waals surface area contributed by atoms with Crippen LogP contribution in [0, 0.1) is 18.2 Å². The van der Waals surface area contributed by atoms with Crippen molar-refractivity contribution in [2.24, 2.45) is 5.41 Å². The third-order valence-corrected chi connectivity index (χ3v) is 5.01. The van der Waals surface area contributed by atoms with Crippen molar-refractivity contribution in [1.29, 1.82) is 0 Å². The molecule has 2 atom stereocenters. The minimum atomic E-state index is -0.0965. The Labute approximate surface area is 131 Å². The highest BCUT2D eigenvalue weighted by atomic mass is 19.1. The molecule has 4 heteroatoms. The number of nitrogen functional groups attached to an aromatic ring is 1. The van der Waals surface area contributed by atoms with Crippen molar-refractivity contribution in [2.45, 2.75) is 52.4 Å². The number of halogens is 1. The van der Waals surface area contributed by atoms with Gasteiger partial charge in [-0.15, -0.1) is 0 Å². The fourth-order valence-corrected chi connectivity index (χ4v) is 3.82. The van der Waals surface area contributed by atoms with E-state index >= 15 is 0 Å². The van der Waals surface area contributed by atoms with Crippen LogP contribution in [0.1, 0.15) is 61.5 Å². The minimum absolute atomic E-state index is 0.0965. The molecule has 2 aromatic rings. The van der Waals surface area contributed by atoms with Crippen molar-refractivity contribution in [3.05, 3.63) is 46.5 Å². The molecule has 1 aliphatic carbocycles. The van der Waals surface area contributed by atoms with Gasteiger partial charge in [0.15, 0.2) is 5.95 Å². The van der Waals surface area contributed by atoms with E-state index < -0.39 is 0 Å². The molecule has 0 radical (unpaired) electrons. The molecule has 0 bridgehead atoms. The molecule has 1 aromatic carbocycles.